The number of methoxy groups -OCH3 is 2. The van der Waals surface area contributed by atoms with E-state index in [0.29, 0.717) is 17.1 Å². The van der Waals surface area contributed by atoms with Crippen molar-refractivity contribution in [2.45, 2.75) is 83.6 Å². The summed E-state index contributed by atoms with van der Waals surface area (Å²) in [5.74, 6) is 1.32. The first kappa shape index (κ1) is 40.6. The minimum atomic E-state index is -4.01. The van der Waals surface area contributed by atoms with E-state index >= 15 is 0 Å². The Kier molecular flexibility index (Phi) is 13.3. The van der Waals surface area contributed by atoms with Crippen molar-refractivity contribution in [2.24, 2.45) is 0 Å². The fraction of sp³-hybridized carbons (Fsp3) is 0.425. The standard InChI is InChI=1S/C40H49N4O9P/c1-27(2)44(28(3)4)54(47,50-23-11-22-41)51-26-36-35(24-37(52-36)43-25-29(5)38(45)42-39(43)46)53-40(30-12-9-8-10-13-30,31-14-18-33(48-6)19-15-31)32-16-20-34(49-7)21-17-32/h8-10,12-21,25,27-28,35-37H,11,23-24,26H2,1-7H3,(H,42,45,46). The molecule has 0 radical (unpaired) electrons. The molecule has 4 unspecified atom stereocenters. The average Bonchev–Trinajstić information content (AvgIpc) is 3.56. The van der Waals surface area contributed by atoms with Crippen molar-refractivity contribution in [1.82, 2.24) is 14.2 Å². The maximum Gasteiger partial charge on any atom is 0.408 e. The molecule has 14 heteroatoms. The number of benzene rings is 3. The van der Waals surface area contributed by atoms with Gasteiger partial charge in [0.05, 0.1) is 46.0 Å². The van der Waals surface area contributed by atoms with Crippen molar-refractivity contribution in [1.29, 1.82) is 5.26 Å². The predicted molar refractivity (Wildman–Crippen MR) is 204 cm³/mol. The van der Waals surface area contributed by atoms with Crippen LogP contribution < -0.4 is 20.7 Å². The highest BCUT2D eigenvalue weighted by Gasteiger charge is 2.48. The van der Waals surface area contributed by atoms with E-state index in [-0.39, 0.29) is 38.1 Å². The third-order valence-electron chi connectivity index (χ3n) is 9.35. The molecule has 1 aliphatic heterocycles. The highest BCUT2D eigenvalue weighted by molar-refractivity contribution is 7.51. The number of rotatable bonds is 17. The Bertz CT molecular complexity index is 1990. The van der Waals surface area contributed by atoms with E-state index < -0.39 is 43.0 Å². The highest BCUT2D eigenvalue weighted by Crippen LogP contribution is 2.55. The van der Waals surface area contributed by atoms with Gasteiger partial charge < -0.3 is 18.9 Å². The number of nitrogens with zero attached hydrogens (tertiary/aromatic N) is 3. The molecule has 54 heavy (non-hydrogen) atoms. The van der Waals surface area contributed by atoms with Crippen LogP contribution >= 0.6 is 7.75 Å². The maximum absolute atomic E-state index is 14.6. The summed E-state index contributed by atoms with van der Waals surface area (Å²) in [5.41, 5.74) is 0.269. The van der Waals surface area contributed by atoms with E-state index in [1.807, 2.05) is 113 Å². The minimum Gasteiger partial charge on any atom is -0.497 e. The fourth-order valence-corrected chi connectivity index (χ4v) is 9.04. The van der Waals surface area contributed by atoms with Crippen LogP contribution in [0.5, 0.6) is 11.5 Å². The van der Waals surface area contributed by atoms with Crippen LogP contribution in [-0.4, -0.2) is 65.9 Å². The Labute approximate surface area is 315 Å². The topological polar surface area (TPSA) is 154 Å². The molecule has 0 bridgehead atoms. The monoisotopic (exact) mass is 760 g/mol. The zero-order valence-electron chi connectivity index (χ0n) is 31.8. The molecule has 0 amide bonds. The molecule has 4 aromatic rings. The maximum atomic E-state index is 14.6. The molecular weight excluding hydrogens is 711 g/mol. The lowest BCUT2D eigenvalue weighted by atomic mass is 9.79. The molecule has 3 aromatic carbocycles. The van der Waals surface area contributed by atoms with Crippen LogP contribution in [0.2, 0.25) is 0 Å². The second kappa shape index (κ2) is 17.7. The van der Waals surface area contributed by atoms with Crippen LogP contribution in [0.15, 0.2) is 94.6 Å². The Hall–Kier alpha value is -4.54. The molecule has 1 aromatic heterocycles. The van der Waals surface area contributed by atoms with E-state index in [2.05, 4.69) is 4.98 Å². The second-order valence-electron chi connectivity index (χ2n) is 13.6. The van der Waals surface area contributed by atoms with Gasteiger partial charge in [-0.2, -0.15) is 5.26 Å². The van der Waals surface area contributed by atoms with Crippen molar-refractivity contribution < 1.29 is 32.6 Å². The van der Waals surface area contributed by atoms with Crippen molar-refractivity contribution in [3.05, 3.63) is 128 Å². The van der Waals surface area contributed by atoms with Gasteiger partial charge in [0, 0.05) is 30.3 Å². The third-order valence-corrected chi connectivity index (χ3v) is 11.8. The molecule has 0 aliphatic carbocycles. The van der Waals surface area contributed by atoms with Gasteiger partial charge >= 0.3 is 13.4 Å². The first-order valence-corrected chi connectivity index (χ1v) is 19.4. The van der Waals surface area contributed by atoms with Gasteiger partial charge in [-0.3, -0.25) is 23.4 Å². The van der Waals surface area contributed by atoms with Crippen molar-refractivity contribution in [3.8, 4) is 17.6 Å². The van der Waals surface area contributed by atoms with Crippen LogP contribution in [0.4, 0.5) is 0 Å². The van der Waals surface area contributed by atoms with Gasteiger partial charge in [-0.05, 0) is 75.6 Å². The van der Waals surface area contributed by atoms with E-state index in [1.54, 1.807) is 25.8 Å². The normalized spacial score (nSPS) is 18.5. The number of H-pyrrole nitrogens is 1. The van der Waals surface area contributed by atoms with Gasteiger partial charge in [-0.1, -0.05) is 54.6 Å². The molecule has 288 valence electrons. The smallest absolute Gasteiger partial charge is 0.408 e. The minimum absolute atomic E-state index is 0.0168. The molecule has 2 heterocycles. The zero-order valence-corrected chi connectivity index (χ0v) is 32.7. The van der Waals surface area contributed by atoms with Gasteiger partial charge in [0.15, 0.2) is 0 Å². The summed E-state index contributed by atoms with van der Waals surface area (Å²) in [6.45, 7) is 8.81. The van der Waals surface area contributed by atoms with Crippen LogP contribution in [-0.2, 0) is 28.7 Å². The summed E-state index contributed by atoms with van der Waals surface area (Å²) >= 11 is 0. The molecule has 1 saturated heterocycles. The molecule has 1 fully saturated rings. The van der Waals surface area contributed by atoms with E-state index in [0.717, 1.165) is 16.7 Å². The number of aromatic amines is 1. The lowest BCUT2D eigenvalue weighted by molar-refractivity contribution is -0.0987. The molecule has 4 atom stereocenters. The van der Waals surface area contributed by atoms with E-state index in [9.17, 15) is 19.4 Å². The molecule has 5 rings (SSSR count). The number of aromatic nitrogens is 2. The number of ether oxygens (including phenoxy) is 4. The summed E-state index contributed by atoms with van der Waals surface area (Å²) in [6, 6.07) is 26.5. The summed E-state index contributed by atoms with van der Waals surface area (Å²) in [4.78, 5) is 27.9. The summed E-state index contributed by atoms with van der Waals surface area (Å²) < 4.78 is 54.8. The first-order chi connectivity index (χ1) is 25.9. The average molecular weight is 761 g/mol. The second-order valence-corrected chi connectivity index (χ2v) is 15.5. The van der Waals surface area contributed by atoms with Crippen LogP contribution in [0.1, 0.15) is 69.0 Å². The summed E-state index contributed by atoms with van der Waals surface area (Å²) in [5, 5.41) is 9.23. The van der Waals surface area contributed by atoms with Crippen molar-refractivity contribution >= 4 is 7.75 Å². The van der Waals surface area contributed by atoms with Crippen LogP contribution in [0.25, 0.3) is 0 Å². The van der Waals surface area contributed by atoms with Gasteiger partial charge in [0.1, 0.15) is 29.4 Å². The van der Waals surface area contributed by atoms with Gasteiger partial charge in [-0.15, -0.1) is 0 Å². The Balaban J connectivity index is 1.66. The Morgan fingerprint density at radius 1 is 0.907 bits per heavy atom. The number of hydrogen-bond acceptors (Lipinski definition) is 10. The summed E-state index contributed by atoms with van der Waals surface area (Å²) in [7, 11) is -0.806. The van der Waals surface area contributed by atoms with Gasteiger partial charge in [0.25, 0.3) is 5.56 Å². The van der Waals surface area contributed by atoms with E-state index in [4.69, 9.17) is 28.0 Å². The lowest BCUT2D eigenvalue weighted by Gasteiger charge is -2.40. The SMILES string of the molecule is COc1ccc(C(OC2CC(n3cc(C)c(=O)[nH]c3=O)OC2COP(=O)(OCCC#N)N(C(C)C)C(C)C)(c2ccccc2)c2ccc(OC)cc2)cc1. The number of nitriles is 1. The molecular formula is C40H49N4O9P. The number of aryl methyl sites for hydroxylation is 1. The molecule has 0 saturated carbocycles. The lowest BCUT2D eigenvalue weighted by Crippen LogP contribution is -2.41. The molecule has 0 spiro atoms. The Morgan fingerprint density at radius 3 is 1.98 bits per heavy atom. The molecule has 1 aliphatic rings. The van der Waals surface area contributed by atoms with E-state index in [1.165, 1.54) is 10.8 Å². The van der Waals surface area contributed by atoms with Crippen molar-refractivity contribution in [2.75, 3.05) is 27.4 Å². The summed E-state index contributed by atoms with van der Waals surface area (Å²) in [6.07, 6.45) is -0.961. The highest BCUT2D eigenvalue weighted by atomic mass is 31.2. The van der Waals surface area contributed by atoms with Crippen LogP contribution in [0, 0.1) is 18.3 Å². The largest absolute Gasteiger partial charge is 0.497 e. The number of nitrogens with one attached hydrogen (secondary N) is 1. The molecule has 13 nitrogen and oxygen atoms in total. The van der Waals surface area contributed by atoms with Gasteiger partial charge in [-0.25, -0.2) is 14.0 Å². The first-order valence-electron chi connectivity index (χ1n) is 17.9. The quantitative estimate of drug-likeness (QED) is 0.0695. The van der Waals surface area contributed by atoms with Gasteiger partial charge in [0.2, 0.25) is 0 Å². The fourth-order valence-electron chi connectivity index (χ4n) is 6.91. The zero-order chi connectivity index (χ0) is 39.0. The van der Waals surface area contributed by atoms with Crippen LogP contribution in [0.3, 0.4) is 0 Å². The molecule has 1 N–H and O–H groups in total. The third kappa shape index (κ3) is 8.71. The Morgan fingerprint density at radius 2 is 1.46 bits per heavy atom. The van der Waals surface area contributed by atoms with Crippen molar-refractivity contribution in [3.63, 3.8) is 0 Å². The predicted octanol–water partition coefficient (Wildman–Crippen LogP) is 6.70. The number of hydrogen-bond donors (Lipinski definition) is 1.